The lowest BCUT2D eigenvalue weighted by Crippen LogP contribution is -2.39. The van der Waals surface area contributed by atoms with E-state index in [9.17, 15) is 9.59 Å². The van der Waals surface area contributed by atoms with E-state index in [1.54, 1.807) is 26.5 Å². The van der Waals surface area contributed by atoms with Crippen LogP contribution in [-0.4, -0.2) is 48.6 Å². The van der Waals surface area contributed by atoms with Crippen molar-refractivity contribution in [3.8, 4) is 11.5 Å². The number of hydrogen-bond donors (Lipinski definition) is 1. The molecule has 0 saturated carbocycles. The van der Waals surface area contributed by atoms with Crippen LogP contribution in [0.25, 0.3) is 17.0 Å². The van der Waals surface area contributed by atoms with Gasteiger partial charge in [-0.25, -0.2) is 0 Å². The normalized spacial score (nSPS) is 13.1. The first-order valence-electron chi connectivity index (χ1n) is 10.2. The summed E-state index contributed by atoms with van der Waals surface area (Å²) in [6, 6.07) is 11.8. The second-order valence-corrected chi connectivity index (χ2v) is 8.40. The van der Waals surface area contributed by atoms with E-state index in [1.807, 2.05) is 30.5 Å². The maximum atomic E-state index is 12.7. The highest BCUT2D eigenvalue weighted by atomic mass is 79.9. The van der Waals surface area contributed by atoms with Crippen LogP contribution in [0.5, 0.6) is 11.5 Å². The number of benzene rings is 2. The first kappa shape index (κ1) is 22.0. The third-order valence-corrected chi connectivity index (χ3v) is 5.96. The van der Waals surface area contributed by atoms with E-state index in [0.717, 1.165) is 26.5 Å². The molecule has 2 amide bonds. The molecule has 1 aliphatic heterocycles. The lowest BCUT2D eigenvalue weighted by Gasteiger charge is -2.17. The zero-order chi connectivity index (χ0) is 22.7. The van der Waals surface area contributed by atoms with Gasteiger partial charge in [-0.15, -0.1) is 0 Å². The Morgan fingerprint density at radius 1 is 1.12 bits per heavy atom. The van der Waals surface area contributed by atoms with Crippen LogP contribution < -0.4 is 14.8 Å². The number of aromatic nitrogens is 1. The van der Waals surface area contributed by atoms with Gasteiger partial charge in [-0.3, -0.25) is 9.59 Å². The molecule has 1 N–H and O–H groups in total. The third kappa shape index (κ3) is 4.65. The number of methoxy groups -OCH3 is 2. The molecule has 0 atom stereocenters. The Hall–Kier alpha value is -3.26. The largest absolute Gasteiger partial charge is 0.493 e. The highest BCUT2D eigenvalue weighted by molar-refractivity contribution is 9.10. The van der Waals surface area contributed by atoms with Gasteiger partial charge in [-0.2, -0.15) is 0 Å². The van der Waals surface area contributed by atoms with E-state index in [0.29, 0.717) is 24.6 Å². The third-order valence-electron chi connectivity index (χ3n) is 5.47. The van der Waals surface area contributed by atoms with Crippen molar-refractivity contribution in [2.24, 2.45) is 0 Å². The Kier molecular flexibility index (Phi) is 6.50. The molecule has 0 fully saturated rings. The van der Waals surface area contributed by atoms with Gasteiger partial charge in [0.2, 0.25) is 11.8 Å². The molecule has 0 saturated heterocycles. The van der Waals surface area contributed by atoms with E-state index in [-0.39, 0.29) is 24.8 Å². The predicted molar refractivity (Wildman–Crippen MR) is 127 cm³/mol. The molecule has 1 aliphatic rings. The minimum atomic E-state index is -0.207. The summed E-state index contributed by atoms with van der Waals surface area (Å²) in [7, 11) is 3.13. The van der Waals surface area contributed by atoms with Crippen molar-refractivity contribution in [1.82, 2.24) is 14.8 Å². The van der Waals surface area contributed by atoms with Crippen molar-refractivity contribution in [2.45, 2.75) is 13.0 Å². The number of rotatable bonds is 7. The predicted octanol–water partition coefficient (Wildman–Crippen LogP) is 3.59. The van der Waals surface area contributed by atoms with Crippen molar-refractivity contribution in [2.75, 3.05) is 27.3 Å². The fourth-order valence-corrected chi connectivity index (χ4v) is 4.13. The number of amides is 2. The number of carbonyl (C=O) groups excluding carboxylic acids is 2. The lowest BCUT2D eigenvalue weighted by molar-refractivity contribution is -0.132. The molecule has 4 rings (SSSR count). The molecule has 0 aliphatic carbocycles. The molecule has 166 valence electrons. The summed E-state index contributed by atoms with van der Waals surface area (Å²) < 4.78 is 13.8. The molecule has 8 heteroatoms. The molecule has 32 heavy (non-hydrogen) atoms. The zero-order valence-electron chi connectivity index (χ0n) is 17.9. The standard InChI is InChI=1S/C24H24BrN3O4/c1-31-21-11-17-6-9-28(24(30)13-18(17)12-22(21)32-2)15-23(29)26-7-10-27-8-5-16-3-4-19(25)14-20(16)27/h3-6,8-9,11-12,14H,7,10,13,15H2,1-2H3,(H,26,29). The van der Waals surface area contributed by atoms with Crippen molar-refractivity contribution in [1.29, 1.82) is 0 Å². The Balaban J connectivity index is 1.36. The van der Waals surface area contributed by atoms with Crippen LogP contribution >= 0.6 is 15.9 Å². The average molecular weight is 498 g/mol. The van der Waals surface area contributed by atoms with Crippen LogP contribution in [0.1, 0.15) is 11.1 Å². The summed E-state index contributed by atoms with van der Waals surface area (Å²) in [4.78, 5) is 26.7. The number of ether oxygens (including phenoxy) is 2. The topological polar surface area (TPSA) is 72.8 Å². The second-order valence-electron chi connectivity index (χ2n) is 7.48. The van der Waals surface area contributed by atoms with Gasteiger partial charge >= 0.3 is 0 Å². The molecule has 1 aromatic heterocycles. The van der Waals surface area contributed by atoms with Gasteiger partial charge in [0, 0.05) is 35.5 Å². The van der Waals surface area contributed by atoms with Crippen LogP contribution in [-0.2, 0) is 22.6 Å². The van der Waals surface area contributed by atoms with Gasteiger partial charge in [-0.05, 0) is 52.9 Å². The molecule has 0 radical (unpaired) electrons. The fraction of sp³-hybridized carbons (Fsp3) is 0.250. The number of hydrogen-bond acceptors (Lipinski definition) is 4. The van der Waals surface area contributed by atoms with E-state index in [2.05, 4.69) is 37.9 Å². The van der Waals surface area contributed by atoms with Crippen LogP contribution in [0.2, 0.25) is 0 Å². The maximum Gasteiger partial charge on any atom is 0.240 e. The minimum Gasteiger partial charge on any atom is -0.493 e. The Labute approximate surface area is 194 Å². The Bertz CT molecular complexity index is 1200. The number of carbonyl (C=O) groups is 2. The van der Waals surface area contributed by atoms with Gasteiger partial charge in [0.1, 0.15) is 6.54 Å². The van der Waals surface area contributed by atoms with Crippen LogP contribution in [0, 0.1) is 0 Å². The van der Waals surface area contributed by atoms with Gasteiger partial charge in [0.25, 0.3) is 0 Å². The van der Waals surface area contributed by atoms with Crippen molar-refractivity contribution in [3.63, 3.8) is 0 Å². The van der Waals surface area contributed by atoms with Crippen molar-refractivity contribution in [3.05, 3.63) is 64.4 Å². The van der Waals surface area contributed by atoms with Crippen LogP contribution in [0.3, 0.4) is 0 Å². The van der Waals surface area contributed by atoms with Gasteiger partial charge in [0.15, 0.2) is 11.5 Å². The number of nitrogens with one attached hydrogen (secondary N) is 1. The molecule has 2 aromatic carbocycles. The second kappa shape index (κ2) is 9.48. The van der Waals surface area contributed by atoms with E-state index in [1.165, 1.54) is 4.90 Å². The summed E-state index contributed by atoms with van der Waals surface area (Å²) in [5.74, 6) is 0.813. The maximum absolute atomic E-state index is 12.7. The fourth-order valence-electron chi connectivity index (χ4n) is 3.78. The van der Waals surface area contributed by atoms with Gasteiger partial charge in [-0.1, -0.05) is 22.0 Å². The smallest absolute Gasteiger partial charge is 0.240 e. The Morgan fingerprint density at radius 3 is 2.69 bits per heavy atom. The van der Waals surface area contributed by atoms with Gasteiger partial charge in [0.05, 0.1) is 20.6 Å². The number of nitrogens with zero attached hydrogens (tertiary/aromatic N) is 2. The number of halogens is 1. The summed E-state index contributed by atoms with van der Waals surface area (Å²) in [6.07, 6.45) is 5.65. The first-order valence-corrected chi connectivity index (χ1v) is 11.0. The molecule has 2 heterocycles. The highest BCUT2D eigenvalue weighted by Gasteiger charge is 2.21. The SMILES string of the molecule is COc1cc2c(cc1OC)CC(=O)N(CC(=O)NCCn1ccc3ccc(Br)cc31)C=C2. The van der Waals surface area contributed by atoms with Crippen molar-refractivity contribution >= 4 is 44.7 Å². The first-order chi connectivity index (χ1) is 15.5. The average Bonchev–Trinajstić information content (AvgIpc) is 3.11. The molecule has 3 aromatic rings. The van der Waals surface area contributed by atoms with E-state index >= 15 is 0 Å². The van der Waals surface area contributed by atoms with E-state index in [4.69, 9.17) is 9.47 Å². The molecule has 0 unspecified atom stereocenters. The van der Waals surface area contributed by atoms with Gasteiger partial charge < -0.3 is 24.3 Å². The zero-order valence-corrected chi connectivity index (χ0v) is 19.5. The molecule has 0 bridgehead atoms. The minimum absolute atomic E-state index is 0.0322. The van der Waals surface area contributed by atoms with Crippen molar-refractivity contribution < 1.29 is 19.1 Å². The quantitative estimate of drug-likeness (QED) is 0.541. The molecule has 7 nitrogen and oxygen atoms in total. The lowest BCUT2D eigenvalue weighted by atomic mass is 10.0. The van der Waals surface area contributed by atoms with Crippen LogP contribution in [0.15, 0.2) is 53.3 Å². The monoisotopic (exact) mass is 497 g/mol. The molecular formula is C24H24BrN3O4. The summed E-state index contributed by atoms with van der Waals surface area (Å²) in [5.41, 5.74) is 2.80. The molecule has 0 spiro atoms. The highest BCUT2D eigenvalue weighted by Crippen LogP contribution is 2.32. The number of fused-ring (bicyclic) bond motifs is 2. The van der Waals surface area contributed by atoms with Crippen LogP contribution in [0.4, 0.5) is 0 Å². The van der Waals surface area contributed by atoms with E-state index < -0.39 is 0 Å². The molecular weight excluding hydrogens is 474 g/mol. The Morgan fingerprint density at radius 2 is 1.91 bits per heavy atom. The summed E-state index contributed by atoms with van der Waals surface area (Å²) in [5, 5.41) is 4.05. The summed E-state index contributed by atoms with van der Waals surface area (Å²) >= 11 is 3.50. The summed E-state index contributed by atoms with van der Waals surface area (Å²) in [6.45, 7) is 1.07.